The lowest BCUT2D eigenvalue weighted by molar-refractivity contribution is -0.132. The van der Waals surface area contributed by atoms with E-state index >= 15 is 0 Å². The van der Waals surface area contributed by atoms with Crippen LogP contribution in [0.25, 0.3) is 0 Å². The molecule has 0 aliphatic rings. The number of carbonyl (C=O) groups is 1. The van der Waals surface area contributed by atoms with Gasteiger partial charge in [-0.15, -0.1) is 11.3 Å². The summed E-state index contributed by atoms with van der Waals surface area (Å²) < 4.78 is 11.4. The summed E-state index contributed by atoms with van der Waals surface area (Å²) >= 11 is 1.67. The number of benzene rings is 2. The van der Waals surface area contributed by atoms with Gasteiger partial charge in [-0.05, 0) is 53.8 Å². The molecule has 0 aliphatic heterocycles. The second kappa shape index (κ2) is 9.24. The van der Waals surface area contributed by atoms with E-state index in [1.807, 2.05) is 60.0 Å². The molecule has 0 bridgehead atoms. The number of nitrogens with zero attached hydrogens (tertiary/aromatic N) is 1. The van der Waals surface area contributed by atoms with E-state index in [0.29, 0.717) is 18.9 Å². The molecule has 27 heavy (non-hydrogen) atoms. The summed E-state index contributed by atoms with van der Waals surface area (Å²) in [6.07, 6.45) is 0. The van der Waals surface area contributed by atoms with E-state index < -0.39 is 0 Å². The number of thiophene rings is 1. The van der Waals surface area contributed by atoms with E-state index in [1.165, 1.54) is 10.4 Å². The number of hydrogen-bond donors (Lipinski definition) is 0. The molecular formula is C22H23NO3S. The minimum absolute atomic E-state index is 0.0190. The molecule has 1 aromatic heterocycles. The van der Waals surface area contributed by atoms with Crippen LogP contribution in [0.4, 0.5) is 0 Å². The highest BCUT2D eigenvalue weighted by atomic mass is 32.1. The molecule has 2 aromatic carbocycles. The Kier molecular flexibility index (Phi) is 6.49. The lowest BCUT2D eigenvalue weighted by Crippen LogP contribution is -2.30. The molecule has 0 saturated heterocycles. The molecule has 5 heteroatoms. The zero-order valence-electron chi connectivity index (χ0n) is 15.6. The highest BCUT2D eigenvalue weighted by Crippen LogP contribution is 2.20. The molecule has 0 unspecified atom stereocenters. The predicted octanol–water partition coefficient (Wildman–Crippen LogP) is 4.67. The fourth-order valence-electron chi connectivity index (χ4n) is 2.50. The fraction of sp³-hybridized carbons (Fsp3) is 0.227. The second-order valence-corrected chi connectivity index (χ2v) is 7.31. The number of rotatable bonds is 8. The zero-order valence-corrected chi connectivity index (χ0v) is 16.4. The summed E-state index contributed by atoms with van der Waals surface area (Å²) in [4.78, 5) is 15.2. The van der Waals surface area contributed by atoms with Crippen molar-refractivity contribution in [2.24, 2.45) is 0 Å². The van der Waals surface area contributed by atoms with Crippen LogP contribution in [0.3, 0.4) is 0 Å². The maximum Gasteiger partial charge on any atom is 0.260 e. The monoisotopic (exact) mass is 381 g/mol. The van der Waals surface area contributed by atoms with Crippen molar-refractivity contribution in [1.29, 1.82) is 0 Å². The van der Waals surface area contributed by atoms with Gasteiger partial charge in [0.15, 0.2) is 6.61 Å². The highest BCUT2D eigenvalue weighted by molar-refractivity contribution is 7.10. The van der Waals surface area contributed by atoms with Crippen LogP contribution in [0.15, 0.2) is 66.0 Å². The van der Waals surface area contributed by atoms with Crippen LogP contribution < -0.4 is 9.47 Å². The summed E-state index contributed by atoms with van der Waals surface area (Å²) in [6.45, 7) is 3.21. The Balaban J connectivity index is 1.45. The molecule has 0 N–H and O–H groups in total. The average Bonchev–Trinajstić information content (AvgIpc) is 3.10. The molecule has 140 valence electrons. The van der Waals surface area contributed by atoms with Crippen molar-refractivity contribution in [3.05, 3.63) is 82.0 Å². The fourth-order valence-corrected chi connectivity index (χ4v) is 3.46. The third-order valence-electron chi connectivity index (χ3n) is 4.21. The lowest BCUT2D eigenvalue weighted by atomic mass is 10.2. The maximum absolute atomic E-state index is 12.3. The smallest absolute Gasteiger partial charge is 0.260 e. The predicted molar refractivity (Wildman–Crippen MR) is 108 cm³/mol. The van der Waals surface area contributed by atoms with Crippen LogP contribution in [0.1, 0.15) is 16.0 Å². The molecule has 1 amide bonds. The topological polar surface area (TPSA) is 38.8 Å². The van der Waals surface area contributed by atoms with Crippen molar-refractivity contribution in [3.63, 3.8) is 0 Å². The SMILES string of the molecule is Cc1ccsc1CN(C)C(=O)COc1ccc(OCc2ccccc2)cc1. The number of likely N-dealkylation sites (N-methyl/N-ethyl adjacent to an activating group) is 1. The first-order valence-electron chi connectivity index (χ1n) is 8.78. The number of aryl methyl sites for hydroxylation is 1. The van der Waals surface area contributed by atoms with Crippen LogP contribution in [0.5, 0.6) is 11.5 Å². The molecule has 0 saturated carbocycles. The zero-order chi connectivity index (χ0) is 19.1. The largest absolute Gasteiger partial charge is 0.489 e. The summed E-state index contributed by atoms with van der Waals surface area (Å²) in [5.41, 5.74) is 2.33. The molecule has 0 fully saturated rings. The van der Waals surface area contributed by atoms with Crippen molar-refractivity contribution in [3.8, 4) is 11.5 Å². The van der Waals surface area contributed by atoms with Crippen molar-refractivity contribution >= 4 is 17.2 Å². The van der Waals surface area contributed by atoms with Crippen molar-refractivity contribution < 1.29 is 14.3 Å². The van der Waals surface area contributed by atoms with E-state index in [9.17, 15) is 4.79 Å². The van der Waals surface area contributed by atoms with Gasteiger partial charge in [-0.3, -0.25) is 4.79 Å². The van der Waals surface area contributed by atoms with Crippen molar-refractivity contribution in [1.82, 2.24) is 4.90 Å². The minimum Gasteiger partial charge on any atom is -0.489 e. The summed E-state index contributed by atoms with van der Waals surface area (Å²) in [5.74, 6) is 1.37. The van der Waals surface area contributed by atoms with Gasteiger partial charge in [-0.25, -0.2) is 0 Å². The van der Waals surface area contributed by atoms with Gasteiger partial charge in [-0.2, -0.15) is 0 Å². The van der Waals surface area contributed by atoms with Crippen LogP contribution in [0, 0.1) is 6.92 Å². The first-order chi connectivity index (χ1) is 13.1. The first kappa shape index (κ1) is 19.0. The molecule has 0 aliphatic carbocycles. The van der Waals surface area contributed by atoms with Gasteiger partial charge < -0.3 is 14.4 Å². The third-order valence-corrected chi connectivity index (χ3v) is 5.22. The normalized spacial score (nSPS) is 10.4. The Hall–Kier alpha value is -2.79. The van der Waals surface area contributed by atoms with E-state index in [2.05, 4.69) is 13.0 Å². The molecule has 3 aromatic rings. The number of carbonyl (C=O) groups excluding carboxylic acids is 1. The maximum atomic E-state index is 12.3. The van der Waals surface area contributed by atoms with Gasteiger partial charge in [0.2, 0.25) is 0 Å². The lowest BCUT2D eigenvalue weighted by Gasteiger charge is -2.17. The second-order valence-electron chi connectivity index (χ2n) is 6.31. The van der Waals surface area contributed by atoms with Crippen molar-refractivity contribution in [2.75, 3.05) is 13.7 Å². The Morgan fingerprint density at radius 2 is 1.63 bits per heavy atom. The Morgan fingerprint density at radius 1 is 0.963 bits per heavy atom. The van der Waals surface area contributed by atoms with E-state index in [4.69, 9.17) is 9.47 Å². The van der Waals surface area contributed by atoms with Crippen LogP contribution >= 0.6 is 11.3 Å². The van der Waals surface area contributed by atoms with Gasteiger partial charge >= 0.3 is 0 Å². The molecule has 0 spiro atoms. The summed E-state index contributed by atoms with van der Waals surface area (Å²) in [6, 6.07) is 19.4. The molecule has 4 nitrogen and oxygen atoms in total. The highest BCUT2D eigenvalue weighted by Gasteiger charge is 2.12. The number of hydrogen-bond acceptors (Lipinski definition) is 4. The molecule has 3 rings (SSSR count). The molecule has 0 atom stereocenters. The van der Waals surface area contributed by atoms with E-state index in [-0.39, 0.29) is 12.5 Å². The summed E-state index contributed by atoms with van der Waals surface area (Å²) in [7, 11) is 1.80. The quantitative estimate of drug-likeness (QED) is 0.569. The molecule has 0 radical (unpaired) electrons. The van der Waals surface area contributed by atoms with Crippen LogP contribution in [-0.4, -0.2) is 24.5 Å². The first-order valence-corrected chi connectivity index (χ1v) is 9.66. The van der Waals surface area contributed by atoms with E-state index in [1.54, 1.807) is 23.3 Å². The van der Waals surface area contributed by atoms with Gasteiger partial charge in [-0.1, -0.05) is 30.3 Å². The average molecular weight is 381 g/mol. The number of ether oxygens (including phenoxy) is 2. The van der Waals surface area contributed by atoms with Gasteiger partial charge in [0.05, 0.1) is 6.54 Å². The van der Waals surface area contributed by atoms with Crippen LogP contribution in [0.2, 0.25) is 0 Å². The Morgan fingerprint density at radius 3 is 2.26 bits per heavy atom. The third kappa shape index (κ3) is 5.59. The summed E-state index contributed by atoms with van der Waals surface area (Å²) in [5, 5.41) is 2.04. The number of amides is 1. The van der Waals surface area contributed by atoms with Crippen LogP contribution in [-0.2, 0) is 17.9 Å². The van der Waals surface area contributed by atoms with Crippen molar-refractivity contribution in [2.45, 2.75) is 20.1 Å². The Bertz CT molecular complexity index is 859. The van der Waals surface area contributed by atoms with Gasteiger partial charge in [0.25, 0.3) is 5.91 Å². The van der Waals surface area contributed by atoms with Gasteiger partial charge in [0.1, 0.15) is 18.1 Å². The minimum atomic E-state index is -0.0489. The molecule has 1 heterocycles. The standard InChI is InChI=1S/C22H23NO3S/c1-17-12-13-27-21(17)14-23(2)22(24)16-26-20-10-8-19(9-11-20)25-15-18-6-4-3-5-7-18/h3-13H,14-16H2,1-2H3. The van der Waals surface area contributed by atoms with E-state index in [0.717, 1.165) is 11.3 Å². The molecular weight excluding hydrogens is 358 g/mol. The Labute approximate surface area is 164 Å². The van der Waals surface area contributed by atoms with Gasteiger partial charge in [0, 0.05) is 11.9 Å².